The third kappa shape index (κ3) is 3.34. The second-order valence-corrected chi connectivity index (χ2v) is 4.36. The second-order valence-electron chi connectivity index (χ2n) is 4.36. The summed E-state index contributed by atoms with van der Waals surface area (Å²) in [6.07, 6.45) is 0.574. The quantitative estimate of drug-likeness (QED) is 0.841. The molecule has 2 N–H and O–H groups in total. The van der Waals surface area contributed by atoms with E-state index < -0.39 is 6.10 Å². The van der Waals surface area contributed by atoms with Gasteiger partial charge in [-0.05, 0) is 29.7 Å². The molecule has 2 aromatic carbocycles. The molecule has 0 saturated heterocycles. The Morgan fingerprint density at radius 1 is 1.00 bits per heavy atom. The first-order valence-electron chi connectivity index (χ1n) is 6.35. The molecule has 18 heavy (non-hydrogen) atoms. The van der Waals surface area contributed by atoms with Gasteiger partial charge >= 0.3 is 0 Å². The van der Waals surface area contributed by atoms with Crippen molar-refractivity contribution in [2.75, 3.05) is 11.9 Å². The molecule has 0 aliphatic rings. The lowest BCUT2D eigenvalue weighted by Gasteiger charge is -2.13. The number of rotatable bonds is 5. The van der Waals surface area contributed by atoms with E-state index in [2.05, 4.69) is 36.5 Å². The molecule has 1 atom stereocenters. The molecule has 0 fully saturated rings. The third-order valence-corrected chi connectivity index (χ3v) is 3.05. The fourth-order valence-electron chi connectivity index (χ4n) is 1.87. The van der Waals surface area contributed by atoms with E-state index in [1.165, 1.54) is 5.56 Å². The van der Waals surface area contributed by atoms with E-state index in [0.29, 0.717) is 6.54 Å². The molecule has 0 amide bonds. The van der Waals surface area contributed by atoms with E-state index in [1.54, 1.807) is 0 Å². The molecule has 0 aromatic heterocycles. The van der Waals surface area contributed by atoms with Gasteiger partial charge in [-0.2, -0.15) is 0 Å². The molecular formula is C16H19NO. The highest BCUT2D eigenvalue weighted by molar-refractivity contribution is 5.44. The van der Waals surface area contributed by atoms with Crippen molar-refractivity contribution in [1.29, 1.82) is 0 Å². The van der Waals surface area contributed by atoms with E-state index in [1.807, 2.05) is 30.3 Å². The number of aliphatic hydroxyl groups excluding tert-OH is 1. The summed E-state index contributed by atoms with van der Waals surface area (Å²) in [6, 6.07) is 18.0. The number of hydrogen-bond acceptors (Lipinski definition) is 2. The van der Waals surface area contributed by atoms with Gasteiger partial charge in [-0.3, -0.25) is 0 Å². The normalized spacial score (nSPS) is 12.1. The summed E-state index contributed by atoms with van der Waals surface area (Å²) in [6.45, 7) is 2.66. The Balaban J connectivity index is 1.91. The van der Waals surface area contributed by atoms with Crippen molar-refractivity contribution in [3.63, 3.8) is 0 Å². The Morgan fingerprint density at radius 3 is 2.28 bits per heavy atom. The molecule has 2 aromatic rings. The van der Waals surface area contributed by atoms with Crippen molar-refractivity contribution in [3.8, 4) is 0 Å². The SMILES string of the molecule is CCc1ccc(NCC(O)c2ccccc2)cc1. The minimum Gasteiger partial charge on any atom is -0.387 e. The third-order valence-electron chi connectivity index (χ3n) is 3.05. The van der Waals surface area contributed by atoms with Gasteiger partial charge in [-0.1, -0.05) is 49.4 Å². The van der Waals surface area contributed by atoms with Crippen molar-refractivity contribution in [1.82, 2.24) is 0 Å². The maximum absolute atomic E-state index is 10.0. The van der Waals surface area contributed by atoms with Crippen LogP contribution in [0.3, 0.4) is 0 Å². The average Bonchev–Trinajstić information content (AvgIpc) is 2.46. The number of benzene rings is 2. The largest absolute Gasteiger partial charge is 0.387 e. The molecule has 2 heteroatoms. The summed E-state index contributed by atoms with van der Waals surface area (Å²) in [4.78, 5) is 0. The van der Waals surface area contributed by atoms with Gasteiger partial charge in [0.05, 0.1) is 6.10 Å². The first-order valence-corrected chi connectivity index (χ1v) is 6.35. The highest BCUT2D eigenvalue weighted by Crippen LogP contribution is 2.15. The summed E-state index contributed by atoms with van der Waals surface area (Å²) >= 11 is 0. The van der Waals surface area contributed by atoms with Crippen molar-refractivity contribution in [2.45, 2.75) is 19.4 Å². The maximum atomic E-state index is 10.0. The Kier molecular flexibility index (Phi) is 4.37. The molecule has 0 heterocycles. The molecule has 0 spiro atoms. The number of anilines is 1. The number of nitrogens with one attached hydrogen (secondary N) is 1. The highest BCUT2D eigenvalue weighted by Gasteiger charge is 2.05. The predicted octanol–water partition coefficient (Wildman–Crippen LogP) is 3.39. The van der Waals surface area contributed by atoms with Crippen molar-refractivity contribution in [2.24, 2.45) is 0 Å². The first kappa shape index (κ1) is 12.7. The summed E-state index contributed by atoms with van der Waals surface area (Å²) in [5, 5.41) is 13.3. The molecule has 94 valence electrons. The van der Waals surface area contributed by atoms with Gasteiger partial charge in [-0.15, -0.1) is 0 Å². The van der Waals surface area contributed by atoms with Gasteiger partial charge in [-0.25, -0.2) is 0 Å². The van der Waals surface area contributed by atoms with Gasteiger partial charge < -0.3 is 10.4 Å². The van der Waals surface area contributed by atoms with Crippen LogP contribution in [0.5, 0.6) is 0 Å². The van der Waals surface area contributed by atoms with E-state index in [-0.39, 0.29) is 0 Å². The number of aliphatic hydroxyl groups is 1. The number of hydrogen-bond donors (Lipinski definition) is 2. The number of aryl methyl sites for hydroxylation is 1. The zero-order valence-corrected chi connectivity index (χ0v) is 10.6. The lowest BCUT2D eigenvalue weighted by atomic mass is 10.1. The van der Waals surface area contributed by atoms with E-state index in [4.69, 9.17) is 0 Å². The molecule has 0 aliphatic heterocycles. The Bertz CT molecular complexity index is 464. The lowest BCUT2D eigenvalue weighted by Crippen LogP contribution is -2.11. The second kappa shape index (κ2) is 6.22. The molecule has 0 radical (unpaired) electrons. The molecule has 2 nitrogen and oxygen atoms in total. The summed E-state index contributed by atoms with van der Waals surface area (Å²) in [5.74, 6) is 0. The van der Waals surface area contributed by atoms with E-state index in [9.17, 15) is 5.11 Å². The smallest absolute Gasteiger partial charge is 0.0962 e. The standard InChI is InChI=1S/C16H19NO/c1-2-13-8-10-15(11-9-13)17-12-16(18)14-6-4-3-5-7-14/h3-11,16-18H,2,12H2,1H3. The fraction of sp³-hybridized carbons (Fsp3) is 0.250. The zero-order chi connectivity index (χ0) is 12.8. The van der Waals surface area contributed by atoms with Gasteiger partial charge in [0, 0.05) is 12.2 Å². The minimum atomic E-state index is -0.475. The predicted molar refractivity (Wildman–Crippen MR) is 75.7 cm³/mol. The van der Waals surface area contributed by atoms with E-state index in [0.717, 1.165) is 17.7 Å². The van der Waals surface area contributed by atoms with Crippen LogP contribution in [0.25, 0.3) is 0 Å². The highest BCUT2D eigenvalue weighted by atomic mass is 16.3. The monoisotopic (exact) mass is 241 g/mol. The first-order chi connectivity index (χ1) is 8.79. The minimum absolute atomic E-state index is 0.475. The fourth-order valence-corrected chi connectivity index (χ4v) is 1.87. The van der Waals surface area contributed by atoms with Crippen molar-refractivity contribution in [3.05, 3.63) is 65.7 Å². The van der Waals surface area contributed by atoms with Crippen LogP contribution in [0.1, 0.15) is 24.2 Å². The lowest BCUT2D eigenvalue weighted by molar-refractivity contribution is 0.191. The maximum Gasteiger partial charge on any atom is 0.0962 e. The van der Waals surface area contributed by atoms with Crippen LogP contribution < -0.4 is 5.32 Å². The Labute approximate surface area is 108 Å². The average molecular weight is 241 g/mol. The van der Waals surface area contributed by atoms with Crippen molar-refractivity contribution >= 4 is 5.69 Å². The van der Waals surface area contributed by atoms with Gasteiger partial charge in [0.25, 0.3) is 0 Å². The van der Waals surface area contributed by atoms with Crippen LogP contribution >= 0.6 is 0 Å². The van der Waals surface area contributed by atoms with Crippen LogP contribution in [0.4, 0.5) is 5.69 Å². The van der Waals surface area contributed by atoms with Gasteiger partial charge in [0.15, 0.2) is 0 Å². The summed E-state index contributed by atoms with van der Waals surface area (Å²) < 4.78 is 0. The topological polar surface area (TPSA) is 32.3 Å². The molecule has 2 rings (SSSR count). The summed E-state index contributed by atoms with van der Waals surface area (Å²) in [7, 11) is 0. The van der Waals surface area contributed by atoms with Crippen LogP contribution in [0, 0.1) is 0 Å². The summed E-state index contributed by atoms with van der Waals surface area (Å²) in [5.41, 5.74) is 3.31. The Morgan fingerprint density at radius 2 is 1.67 bits per heavy atom. The van der Waals surface area contributed by atoms with Crippen LogP contribution in [-0.2, 0) is 6.42 Å². The molecule has 0 aliphatic carbocycles. The molecule has 0 saturated carbocycles. The van der Waals surface area contributed by atoms with Crippen LogP contribution in [0.2, 0.25) is 0 Å². The van der Waals surface area contributed by atoms with Crippen LogP contribution in [0.15, 0.2) is 54.6 Å². The van der Waals surface area contributed by atoms with E-state index >= 15 is 0 Å². The molecule has 1 unspecified atom stereocenters. The van der Waals surface area contributed by atoms with Gasteiger partial charge in [0.1, 0.15) is 0 Å². The zero-order valence-electron chi connectivity index (χ0n) is 10.6. The molecular weight excluding hydrogens is 222 g/mol. The Hall–Kier alpha value is -1.80. The molecule has 0 bridgehead atoms. The van der Waals surface area contributed by atoms with Crippen LogP contribution in [-0.4, -0.2) is 11.7 Å². The van der Waals surface area contributed by atoms with Crippen molar-refractivity contribution < 1.29 is 5.11 Å². The van der Waals surface area contributed by atoms with Gasteiger partial charge in [0.2, 0.25) is 0 Å².